The van der Waals surface area contributed by atoms with E-state index in [1.807, 2.05) is 0 Å². The van der Waals surface area contributed by atoms with E-state index in [1.165, 1.54) is 4.90 Å². The van der Waals surface area contributed by atoms with Crippen molar-refractivity contribution in [1.29, 1.82) is 0 Å². The van der Waals surface area contributed by atoms with Crippen LogP contribution in [-0.2, 0) is 9.53 Å². The number of anilines is 1. The number of rotatable bonds is 8. The highest BCUT2D eigenvalue weighted by atomic mass is 35.5. The summed E-state index contributed by atoms with van der Waals surface area (Å²) >= 11 is 12.1. The fourth-order valence-electron chi connectivity index (χ4n) is 2.98. The van der Waals surface area contributed by atoms with Gasteiger partial charge >= 0.3 is 5.97 Å². The number of hydrogen-bond donors (Lipinski definition) is 1. The molecule has 0 aliphatic carbocycles. The number of benzene rings is 2. The summed E-state index contributed by atoms with van der Waals surface area (Å²) in [5.41, 5.74) is 4.05. The molecule has 30 heavy (non-hydrogen) atoms. The van der Waals surface area contributed by atoms with Gasteiger partial charge in [0.1, 0.15) is 5.71 Å². The lowest BCUT2D eigenvalue weighted by molar-refractivity contribution is -0.135. The van der Waals surface area contributed by atoms with Crippen molar-refractivity contribution in [2.45, 2.75) is 19.8 Å². The van der Waals surface area contributed by atoms with Crippen LogP contribution < -0.4 is 5.43 Å². The van der Waals surface area contributed by atoms with E-state index in [4.69, 9.17) is 27.9 Å². The molecule has 0 bridgehead atoms. The van der Waals surface area contributed by atoms with E-state index < -0.39 is 5.97 Å². The van der Waals surface area contributed by atoms with Crippen molar-refractivity contribution in [2.24, 2.45) is 5.10 Å². The van der Waals surface area contributed by atoms with Crippen LogP contribution in [0.2, 0.25) is 10.0 Å². The zero-order chi connectivity index (χ0) is 21.7. The Kier molecular flexibility index (Phi) is 7.07. The molecule has 7 nitrogen and oxygen atoms in total. The highest BCUT2D eigenvalue weighted by Gasteiger charge is 2.34. The van der Waals surface area contributed by atoms with Crippen LogP contribution in [0.1, 0.15) is 40.5 Å². The highest BCUT2D eigenvalue weighted by molar-refractivity contribution is 6.37. The molecule has 0 unspecified atom stereocenters. The first-order chi connectivity index (χ1) is 14.4. The molecule has 0 atom stereocenters. The van der Waals surface area contributed by atoms with Gasteiger partial charge in [-0.15, -0.1) is 0 Å². The van der Waals surface area contributed by atoms with Crippen LogP contribution in [0.5, 0.6) is 0 Å². The van der Waals surface area contributed by atoms with Crippen molar-refractivity contribution < 1.29 is 19.1 Å². The van der Waals surface area contributed by atoms with Crippen molar-refractivity contribution >= 4 is 52.4 Å². The van der Waals surface area contributed by atoms with Crippen LogP contribution in [0.3, 0.4) is 0 Å². The van der Waals surface area contributed by atoms with Crippen LogP contribution in [0.25, 0.3) is 0 Å². The molecule has 1 aliphatic heterocycles. The second kappa shape index (κ2) is 9.73. The summed E-state index contributed by atoms with van der Waals surface area (Å²) in [4.78, 5) is 38.3. The molecular formula is C21H19Cl2N3O4. The van der Waals surface area contributed by atoms with Crippen LogP contribution in [0.4, 0.5) is 5.69 Å². The standard InChI is InChI=1S/C21H19Cl2N3O4/c1-2-30-21(29)17(24-25-18-12-13(22)9-10-16(18)23)8-5-11-26-19(27)14-6-3-4-7-15(14)20(26)28/h3-4,6-7,9-10,12,25H,2,5,8,11H2,1H3/b24-17-. The molecule has 1 aliphatic rings. The van der Waals surface area contributed by atoms with E-state index in [1.54, 1.807) is 49.4 Å². The van der Waals surface area contributed by atoms with Crippen LogP contribution >= 0.6 is 23.2 Å². The van der Waals surface area contributed by atoms with Crippen LogP contribution in [0.15, 0.2) is 47.6 Å². The summed E-state index contributed by atoms with van der Waals surface area (Å²) < 4.78 is 5.05. The normalized spacial score (nSPS) is 13.4. The monoisotopic (exact) mass is 447 g/mol. The van der Waals surface area contributed by atoms with Crippen LogP contribution in [-0.4, -0.2) is 41.5 Å². The van der Waals surface area contributed by atoms with E-state index in [9.17, 15) is 14.4 Å². The third-order valence-corrected chi connectivity index (χ3v) is 4.99. The third-order valence-electron chi connectivity index (χ3n) is 4.42. The van der Waals surface area contributed by atoms with Gasteiger partial charge in [-0.05, 0) is 43.7 Å². The molecule has 0 spiro atoms. The van der Waals surface area contributed by atoms with Gasteiger partial charge in [0, 0.05) is 18.0 Å². The van der Waals surface area contributed by atoms with Gasteiger partial charge in [0.15, 0.2) is 0 Å². The average molecular weight is 448 g/mol. The molecule has 3 rings (SSSR count). The maximum absolute atomic E-state index is 12.4. The molecule has 9 heteroatoms. The molecule has 2 amide bonds. The second-order valence-electron chi connectivity index (χ2n) is 6.43. The van der Waals surface area contributed by atoms with E-state index in [0.717, 1.165) is 0 Å². The van der Waals surface area contributed by atoms with E-state index >= 15 is 0 Å². The first-order valence-electron chi connectivity index (χ1n) is 9.32. The van der Waals surface area contributed by atoms with Gasteiger partial charge in [0.05, 0.1) is 28.4 Å². The average Bonchev–Trinajstić information content (AvgIpc) is 2.98. The lowest BCUT2D eigenvalue weighted by Gasteiger charge is -2.14. The lowest BCUT2D eigenvalue weighted by Crippen LogP contribution is -2.31. The molecule has 0 fully saturated rings. The molecule has 0 radical (unpaired) electrons. The number of fused-ring (bicyclic) bond motifs is 1. The zero-order valence-corrected chi connectivity index (χ0v) is 17.7. The summed E-state index contributed by atoms with van der Waals surface area (Å²) in [5, 5.41) is 4.96. The minimum Gasteiger partial charge on any atom is -0.461 e. The lowest BCUT2D eigenvalue weighted by atomic mass is 10.1. The van der Waals surface area contributed by atoms with Gasteiger partial charge < -0.3 is 4.74 Å². The fourth-order valence-corrected chi connectivity index (χ4v) is 3.31. The predicted octanol–water partition coefficient (Wildman–Crippen LogP) is 4.40. The number of carbonyl (C=O) groups is 3. The van der Waals surface area contributed by atoms with Crippen molar-refractivity contribution in [1.82, 2.24) is 4.90 Å². The maximum Gasteiger partial charge on any atom is 0.354 e. The van der Waals surface area contributed by atoms with Gasteiger partial charge in [-0.2, -0.15) is 5.10 Å². The number of amides is 2. The van der Waals surface area contributed by atoms with Gasteiger partial charge in [-0.25, -0.2) is 4.79 Å². The van der Waals surface area contributed by atoms with Crippen molar-refractivity contribution in [3.8, 4) is 0 Å². The van der Waals surface area contributed by atoms with Gasteiger partial charge in [0.25, 0.3) is 11.8 Å². The summed E-state index contributed by atoms with van der Waals surface area (Å²) in [6.45, 7) is 2.03. The number of esters is 1. The number of nitrogens with one attached hydrogen (secondary N) is 1. The van der Waals surface area contributed by atoms with Crippen molar-refractivity contribution in [3.63, 3.8) is 0 Å². The molecule has 0 aromatic heterocycles. The van der Waals surface area contributed by atoms with Crippen molar-refractivity contribution in [3.05, 3.63) is 63.6 Å². The van der Waals surface area contributed by atoms with Crippen molar-refractivity contribution in [2.75, 3.05) is 18.6 Å². The Hall–Kier alpha value is -2.90. The quantitative estimate of drug-likeness (QED) is 0.280. The largest absolute Gasteiger partial charge is 0.461 e. The Morgan fingerprint density at radius 2 is 1.77 bits per heavy atom. The smallest absolute Gasteiger partial charge is 0.354 e. The maximum atomic E-state index is 12.4. The van der Waals surface area contributed by atoms with E-state index in [-0.39, 0.29) is 37.1 Å². The Balaban J connectivity index is 1.67. The second-order valence-corrected chi connectivity index (χ2v) is 7.27. The van der Waals surface area contributed by atoms with E-state index in [2.05, 4.69) is 10.5 Å². The van der Waals surface area contributed by atoms with Crippen LogP contribution in [0, 0.1) is 0 Å². The highest BCUT2D eigenvalue weighted by Crippen LogP contribution is 2.26. The van der Waals surface area contributed by atoms with Gasteiger partial charge in [-0.3, -0.25) is 19.9 Å². The topological polar surface area (TPSA) is 88.1 Å². The summed E-state index contributed by atoms with van der Waals surface area (Å²) in [7, 11) is 0. The predicted molar refractivity (Wildman–Crippen MR) is 115 cm³/mol. The Morgan fingerprint density at radius 3 is 2.40 bits per heavy atom. The SMILES string of the molecule is CCOC(=O)/C(CCCN1C(=O)c2ccccc2C1=O)=N\Nc1cc(Cl)ccc1Cl. The molecule has 0 saturated heterocycles. The van der Waals surface area contributed by atoms with Gasteiger partial charge in [-0.1, -0.05) is 35.3 Å². The third kappa shape index (κ3) is 4.80. The molecule has 2 aromatic carbocycles. The number of carbonyl (C=O) groups excluding carboxylic acids is 3. The first-order valence-corrected chi connectivity index (χ1v) is 10.1. The number of imide groups is 1. The Morgan fingerprint density at radius 1 is 1.10 bits per heavy atom. The fraction of sp³-hybridized carbons (Fsp3) is 0.238. The van der Waals surface area contributed by atoms with E-state index in [0.29, 0.717) is 33.3 Å². The van der Waals surface area contributed by atoms with Gasteiger partial charge in [0.2, 0.25) is 0 Å². The Labute approximate surface area is 183 Å². The number of halogens is 2. The zero-order valence-electron chi connectivity index (χ0n) is 16.2. The number of hydrazone groups is 1. The number of ether oxygens (including phenoxy) is 1. The minimum absolute atomic E-state index is 0.115. The summed E-state index contributed by atoms with van der Waals surface area (Å²) in [5.74, 6) is -1.27. The Bertz CT molecular complexity index is 988. The number of hydrogen-bond acceptors (Lipinski definition) is 6. The molecule has 0 saturated carbocycles. The number of nitrogens with zero attached hydrogens (tertiary/aromatic N) is 2. The minimum atomic E-state index is -0.592. The molecule has 156 valence electrons. The molecule has 2 aromatic rings. The molecule has 1 N–H and O–H groups in total. The molecular weight excluding hydrogens is 429 g/mol. The summed E-state index contributed by atoms with van der Waals surface area (Å²) in [6, 6.07) is 11.5. The summed E-state index contributed by atoms with van der Waals surface area (Å²) in [6.07, 6.45) is 0.533. The molecule has 1 heterocycles. The first kappa shape index (κ1) is 21.8.